The summed E-state index contributed by atoms with van der Waals surface area (Å²) in [5, 5.41) is 11.7. The van der Waals surface area contributed by atoms with Crippen LogP contribution >= 0.6 is 0 Å². The van der Waals surface area contributed by atoms with Crippen LogP contribution in [0, 0.1) is 0 Å². The fraction of sp³-hybridized carbons (Fsp3) is 0.200. The molecule has 0 fully saturated rings. The molecule has 1 aromatic carbocycles. The fourth-order valence-corrected chi connectivity index (χ4v) is 1.99. The summed E-state index contributed by atoms with van der Waals surface area (Å²) in [6.45, 7) is 2.78. The van der Waals surface area contributed by atoms with E-state index in [1.54, 1.807) is 6.26 Å². The van der Waals surface area contributed by atoms with Crippen molar-refractivity contribution in [2.24, 2.45) is 0 Å². The van der Waals surface area contributed by atoms with E-state index in [0.717, 1.165) is 16.9 Å². The van der Waals surface area contributed by atoms with Crippen molar-refractivity contribution in [3.05, 3.63) is 66.3 Å². The first kappa shape index (κ1) is 12.6. The normalized spacial score (nSPS) is 12.4. The van der Waals surface area contributed by atoms with Crippen LogP contribution in [0.1, 0.15) is 24.2 Å². The van der Waals surface area contributed by atoms with Crippen molar-refractivity contribution < 1.29 is 4.52 Å². The Kier molecular flexibility index (Phi) is 3.60. The fourth-order valence-electron chi connectivity index (χ4n) is 1.99. The zero-order chi connectivity index (χ0) is 13.8. The maximum atomic E-state index is 4.81. The van der Waals surface area contributed by atoms with Crippen molar-refractivity contribution in [3.63, 3.8) is 0 Å². The highest BCUT2D eigenvalue weighted by Crippen LogP contribution is 2.14. The third kappa shape index (κ3) is 2.78. The van der Waals surface area contributed by atoms with Crippen LogP contribution in [0.3, 0.4) is 0 Å². The van der Waals surface area contributed by atoms with Gasteiger partial charge in [0.25, 0.3) is 0 Å². The van der Waals surface area contributed by atoms with Gasteiger partial charge in [-0.3, -0.25) is 0 Å². The Labute approximate surface area is 117 Å². The van der Waals surface area contributed by atoms with Gasteiger partial charge in [0.05, 0.1) is 17.6 Å². The number of benzene rings is 1. The van der Waals surface area contributed by atoms with Gasteiger partial charge in [-0.1, -0.05) is 23.4 Å². The number of hydrogen-bond donors (Lipinski definition) is 1. The maximum absolute atomic E-state index is 4.81. The molecule has 2 heterocycles. The van der Waals surface area contributed by atoms with Crippen molar-refractivity contribution in [1.29, 1.82) is 0 Å². The Morgan fingerprint density at radius 2 is 2.10 bits per heavy atom. The lowest BCUT2D eigenvalue weighted by Crippen LogP contribution is -2.17. The summed E-state index contributed by atoms with van der Waals surface area (Å²) in [4.78, 5) is 0. The first-order chi connectivity index (χ1) is 9.83. The van der Waals surface area contributed by atoms with Gasteiger partial charge < -0.3 is 9.84 Å². The second-order valence-electron chi connectivity index (χ2n) is 4.65. The number of nitrogens with zero attached hydrogens (tertiary/aromatic N) is 3. The minimum atomic E-state index is 0.198. The first-order valence-corrected chi connectivity index (χ1v) is 6.55. The summed E-state index contributed by atoms with van der Waals surface area (Å²) in [7, 11) is 0. The minimum absolute atomic E-state index is 0.198. The topological polar surface area (TPSA) is 55.9 Å². The van der Waals surface area contributed by atoms with Crippen molar-refractivity contribution >= 4 is 0 Å². The Hall–Kier alpha value is -2.40. The average molecular weight is 268 g/mol. The van der Waals surface area contributed by atoms with E-state index in [0.29, 0.717) is 6.54 Å². The molecule has 5 nitrogen and oxygen atoms in total. The molecule has 1 atom stereocenters. The standard InChI is InChI=1S/C15H16N4O/c1-12(16-10-14-7-8-20-18-14)13-9-17-19(11-13)15-5-3-2-4-6-15/h2-9,11-12,16H,10H2,1H3. The van der Waals surface area contributed by atoms with E-state index < -0.39 is 0 Å². The van der Waals surface area contributed by atoms with E-state index in [2.05, 4.69) is 22.5 Å². The van der Waals surface area contributed by atoms with E-state index >= 15 is 0 Å². The van der Waals surface area contributed by atoms with E-state index in [1.807, 2.05) is 53.5 Å². The van der Waals surface area contributed by atoms with Gasteiger partial charge in [0.2, 0.25) is 0 Å². The predicted molar refractivity (Wildman–Crippen MR) is 75.3 cm³/mol. The van der Waals surface area contributed by atoms with Crippen LogP contribution in [0.4, 0.5) is 0 Å². The molecule has 0 aliphatic rings. The minimum Gasteiger partial charge on any atom is -0.364 e. The third-order valence-corrected chi connectivity index (χ3v) is 3.20. The molecule has 0 aliphatic carbocycles. The van der Waals surface area contributed by atoms with Gasteiger partial charge in [-0.2, -0.15) is 5.10 Å². The highest BCUT2D eigenvalue weighted by atomic mass is 16.5. The summed E-state index contributed by atoms with van der Waals surface area (Å²) < 4.78 is 6.69. The SMILES string of the molecule is CC(NCc1ccon1)c1cnn(-c2ccccc2)c1. The number of aromatic nitrogens is 3. The highest BCUT2D eigenvalue weighted by molar-refractivity contribution is 5.31. The second-order valence-corrected chi connectivity index (χ2v) is 4.65. The van der Waals surface area contributed by atoms with Crippen molar-refractivity contribution in [2.75, 3.05) is 0 Å². The van der Waals surface area contributed by atoms with Gasteiger partial charge in [0.15, 0.2) is 0 Å². The van der Waals surface area contributed by atoms with Gasteiger partial charge >= 0.3 is 0 Å². The molecule has 3 rings (SSSR count). The molecule has 1 N–H and O–H groups in total. The van der Waals surface area contributed by atoms with Crippen molar-refractivity contribution in [3.8, 4) is 5.69 Å². The monoisotopic (exact) mass is 268 g/mol. The Morgan fingerprint density at radius 1 is 1.25 bits per heavy atom. The van der Waals surface area contributed by atoms with Crippen molar-refractivity contribution in [2.45, 2.75) is 19.5 Å². The summed E-state index contributed by atoms with van der Waals surface area (Å²) in [6.07, 6.45) is 5.50. The third-order valence-electron chi connectivity index (χ3n) is 3.20. The highest BCUT2D eigenvalue weighted by Gasteiger charge is 2.09. The van der Waals surface area contributed by atoms with Gasteiger partial charge in [-0.25, -0.2) is 4.68 Å². The smallest absolute Gasteiger partial charge is 0.124 e. The van der Waals surface area contributed by atoms with Gasteiger partial charge in [0, 0.05) is 30.4 Å². The first-order valence-electron chi connectivity index (χ1n) is 6.55. The van der Waals surface area contributed by atoms with Gasteiger partial charge in [-0.05, 0) is 19.1 Å². The zero-order valence-corrected chi connectivity index (χ0v) is 11.2. The summed E-state index contributed by atoms with van der Waals surface area (Å²) in [5.74, 6) is 0. The molecule has 0 saturated carbocycles. The lowest BCUT2D eigenvalue weighted by Gasteiger charge is -2.10. The van der Waals surface area contributed by atoms with Gasteiger partial charge in [0.1, 0.15) is 6.26 Å². The molecule has 5 heteroatoms. The lowest BCUT2D eigenvalue weighted by atomic mass is 10.2. The van der Waals surface area contributed by atoms with Crippen LogP contribution in [0.2, 0.25) is 0 Å². The molecule has 20 heavy (non-hydrogen) atoms. The van der Waals surface area contributed by atoms with Crippen LogP contribution in [-0.2, 0) is 6.54 Å². The second kappa shape index (κ2) is 5.71. The van der Waals surface area contributed by atoms with Crippen LogP contribution in [0.15, 0.2) is 59.6 Å². The largest absolute Gasteiger partial charge is 0.364 e. The van der Waals surface area contributed by atoms with E-state index in [1.165, 1.54) is 0 Å². The molecule has 0 spiro atoms. The molecule has 3 aromatic rings. The number of rotatable bonds is 5. The Morgan fingerprint density at radius 3 is 2.85 bits per heavy atom. The number of para-hydroxylation sites is 1. The van der Waals surface area contributed by atoms with Crippen LogP contribution in [-0.4, -0.2) is 14.9 Å². The van der Waals surface area contributed by atoms with E-state index in [4.69, 9.17) is 4.52 Å². The van der Waals surface area contributed by atoms with Crippen LogP contribution in [0.25, 0.3) is 5.69 Å². The van der Waals surface area contributed by atoms with E-state index in [9.17, 15) is 0 Å². The zero-order valence-electron chi connectivity index (χ0n) is 11.2. The summed E-state index contributed by atoms with van der Waals surface area (Å²) in [5.41, 5.74) is 3.09. The predicted octanol–water partition coefficient (Wildman–Crippen LogP) is 2.71. The molecule has 1 unspecified atom stereocenters. The number of nitrogens with one attached hydrogen (secondary N) is 1. The van der Waals surface area contributed by atoms with Crippen LogP contribution < -0.4 is 5.32 Å². The number of hydrogen-bond acceptors (Lipinski definition) is 4. The molecule has 0 saturated heterocycles. The van der Waals surface area contributed by atoms with Crippen LogP contribution in [0.5, 0.6) is 0 Å². The molecular formula is C15H16N4O. The Balaban J connectivity index is 1.67. The quantitative estimate of drug-likeness (QED) is 0.773. The average Bonchev–Trinajstić information content (AvgIpc) is 3.17. The molecular weight excluding hydrogens is 252 g/mol. The molecule has 102 valence electrons. The molecule has 0 bridgehead atoms. The maximum Gasteiger partial charge on any atom is 0.124 e. The lowest BCUT2D eigenvalue weighted by molar-refractivity contribution is 0.406. The summed E-state index contributed by atoms with van der Waals surface area (Å²) >= 11 is 0. The molecule has 0 amide bonds. The van der Waals surface area contributed by atoms with Gasteiger partial charge in [-0.15, -0.1) is 0 Å². The van der Waals surface area contributed by atoms with E-state index in [-0.39, 0.29) is 6.04 Å². The molecule has 2 aromatic heterocycles. The summed E-state index contributed by atoms with van der Waals surface area (Å²) in [6, 6.07) is 12.1. The molecule has 0 radical (unpaired) electrons. The molecule has 0 aliphatic heterocycles. The Bertz CT molecular complexity index is 646. The van der Waals surface area contributed by atoms with Crippen molar-refractivity contribution in [1.82, 2.24) is 20.3 Å².